The number of carbonyl (C=O) groups excluding carboxylic acids is 1. The number of carbonyl (C=O) groups is 2. The molecule has 0 heterocycles. The van der Waals surface area contributed by atoms with Gasteiger partial charge in [-0.1, -0.05) is 6.92 Å². The number of rotatable bonds is 6. The second kappa shape index (κ2) is 5.67. The molecule has 0 aromatic carbocycles. The summed E-state index contributed by atoms with van der Waals surface area (Å²) < 4.78 is 4.76. The Morgan fingerprint density at radius 3 is 2.47 bits per heavy atom. The van der Waals surface area contributed by atoms with Crippen molar-refractivity contribution in [1.29, 1.82) is 0 Å². The van der Waals surface area contributed by atoms with Crippen LogP contribution in [0.25, 0.3) is 0 Å². The van der Waals surface area contributed by atoms with E-state index in [2.05, 4.69) is 5.32 Å². The van der Waals surface area contributed by atoms with Crippen molar-refractivity contribution in [3.63, 3.8) is 0 Å². The van der Waals surface area contributed by atoms with Crippen molar-refractivity contribution < 1.29 is 24.5 Å². The average Bonchev–Trinajstić information content (AvgIpc) is 2.14. The molecule has 0 fully saturated rings. The molecule has 15 heavy (non-hydrogen) atoms. The molecule has 3 N–H and O–H groups in total. The van der Waals surface area contributed by atoms with E-state index in [1.165, 1.54) is 7.11 Å². The Bertz CT molecular complexity index is 239. The summed E-state index contributed by atoms with van der Waals surface area (Å²) in [7, 11) is 1.47. The molecule has 0 aromatic rings. The molecule has 6 heteroatoms. The Balaban J connectivity index is 4.05. The van der Waals surface area contributed by atoms with Gasteiger partial charge in [0.2, 0.25) is 5.91 Å². The maximum Gasteiger partial charge on any atom is 0.337 e. The molecule has 0 aliphatic rings. The van der Waals surface area contributed by atoms with E-state index < -0.39 is 11.6 Å². The van der Waals surface area contributed by atoms with Crippen LogP contribution in [0.1, 0.15) is 13.8 Å². The number of ether oxygens (including phenoxy) is 1. The number of hydrogen-bond acceptors (Lipinski definition) is 4. The van der Waals surface area contributed by atoms with Gasteiger partial charge in [0.15, 0.2) is 5.60 Å². The monoisotopic (exact) mass is 219 g/mol. The standard InChI is InChI=1S/C9H17NO5/c1-6(4-15-3)7(11)10-5-9(2,14)8(12)13/h6,14H,4-5H2,1-3H3,(H,10,11)(H,12,13). The number of methoxy groups -OCH3 is 1. The number of carboxylic acid groups (broad SMARTS) is 1. The third kappa shape index (κ3) is 4.75. The second-order valence-electron chi connectivity index (χ2n) is 3.65. The lowest BCUT2D eigenvalue weighted by molar-refractivity contribution is -0.156. The van der Waals surface area contributed by atoms with Crippen LogP contribution in [-0.4, -0.2) is 48.0 Å². The van der Waals surface area contributed by atoms with E-state index in [9.17, 15) is 14.7 Å². The minimum Gasteiger partial charge on any atom is -0.479 e. The molecule has 1 amide bonds. The first-order valence-electron chi connectivity index (χ1n) is 4.53. The summed E-state index contributed by atoms with van der Waals surface area (Å²) in [5.41, 5.74) is -1.94. The number of hydrogen-bond donors (Lipinski definition) is 3. The highest BCUT2D eigenvalue weighted by atomic mass is 16.5. The SMILES string of the molecule is COCC(C)C(=O)NCC(C)(O)C(=O)O. The summed E-state index contributed by atoms with van der Waals surface area (Å²) in [6, 6.07) is 0. The van der Waals surface area contributed by atoms with Crippen LogP contribution in [0.5, 0.6) is 0 Å². The summed E-state index contributed by atoms with van der Waals surface area (Å²) in [4.78, 5) is 21.8. The molecule has 0 saturated carbocycles. The van der Waals surface area contributed by atoms with Gasteiger partial charge in [0.05, 0.1) is 19.1 Å². The molecule has 0 saturated heterocycles. The van der Waals surface area contributed by atoms with Gasteiger partial charge in [0, 0.05) is 7.11 Å². The summed E-state index contributed by atoms with van der Waals surface area (Å²) in [6.07, 6.45) is 0. The molecule has 0 aromatic heterocycles. The molecule has 0 aliphatic heterocycles. The Kier molecular flexibility index (Phi) is 5.24. The summed E-state index contributed by atoms with van der Waals surface area (Å²) in [5.74, 6) is -2.10. The zero-order valence-electron chi connectivity index (χ0n) is 9.11. The molecular formula is C9H17NO5. The zero-order chi connectivity index (χ0) is 12.1. The van der Waals surface area contributed by atoms with Gasteiger partial charge in [0.25, 0.3) is 0 Å². The number of amides is 1. The highest BCUT2D eigenvalue weighted by Gasteiger charge is 2.30. The number of nitrogens with one attached hydrogen (secondary N) is 1. The third-order valence-electron chi connectivity index (χ3n) is 1.93. The van der Waals surface area contributed by atoms with Gasteiger partial charge >= 0.3 is 5.97 Å². The molecule has 0 radical (unpaired) electrons. The van der Waals surface area contributed by atoms with Crippen LogP contribution < -0.4 is 5.32 Å². The zero-order valence-corrected chi connectivity index (χ0v) is 9.11. The van der Waals surface area contributed by atoms with Crippen molar-refractivity contribution in [1.82, 2.24) is 5.32 Å². The maximum absolute atomic E-state index is 11.3. The predicted molar refractivity (Wildman–Crippen MR) is 52.3 cm³/mol. The van der Waals surface area contributed by atoms with Gasteiger partial charge in [0.1, 0.15) is 0 Å². The molecule has 88 valence electrons. The van der Waals surface area contributed by atoms with Crippen LogP contribution in [0.3, 0.4) is 0 Å². The first kappa shape index (κ1) is 13.9. The molecule has 6 nitrogen and oxygen atoms in total. The third-order valence-corrected chi connectivity index (χ3v) is 1.93. The highest BCUT2D eigenvalue weighted by molar-refractivity contribution is 5.81. The van der Waals surface area contributed by atoms with E-state index in [4.69, 9.17) is 9.84 Å². The van der Waals surface area contributed by atoms with Crippen LogP contribution >= 0.6 is 0 Å². The number of carboxylic acids is 1. The molecule has 2 unspecified atom stereocenters. The Labute approximate surface area is 88.2 Å². The maximum atomic E-state index is 11.3. The first-order chi connectivity index (χ1) is 6.81. The van der Waals surface area contributed by atoms with Crippen LogP contribution in [-0.2, 0) is 14.3 Å². The van der Waals surface area contributed by atoms with Crippen molar-refractivity contribution in [3.8, 4) is 0 Å². The lowest BCUT2D eigenvalue weighted by atomic mass is 10.1. The average molecular weight is 219 g/mol. The van der Waals surface area contributed by atoms with E-state index in [-0.39, 0.29) is 25.0 Å². The highest BCUT2D eigenvalue weighted by Crippen LogP contribution is 2.02. The molecule has 2 atom stereocenters. The van der Waals surface area contributed by atoms with Gasteiger partial charge in [-0.25, -0.2) is 4.79 Å². The van der Waals surface area contributed by atoms with Crippen LogP contribution in [0.2, 0.25) is 0 Å². The van der Waals surface area contributed by atoms with Gasteiger partial charge < -0.3 is 20.3 Å². The quantitative estimate of drug-likeness (QED) is 0.544. The fourth-order valence-corrected chi connectivity index (χ4v) is 0.835. The van der Waals surface area contributed by atoms with Crippen LogP contribution in [0, 0.1) is 5.92 Å². The Morgan fingerprint density at radius 2 is 2.07 bits per heavy atom. The van der Waals surface area contributed by atoms with Gasteiger partial charge in [-0.15, -0.1) is 0 Å². The topological polar surface area (TPSA) is 95.9 Å². The second-order valence-corrected chi connectivity index (χ2v) is 3.65. The van der Waals surface area contributed by atoms with Crippen molar-refractivity contribution >= 4 is 11.9 Å². The minimum absolute atomic E-state index is 0.251. The van der Waals surface area contributed by atoms with E-state index in [1.807, 2.05) is 0 Å². The largest absolute Gasteiger partial charge is 0.479 e. The number of aliphatic hydroxyl groups is 1. The lowest BCUT2D eigenvalue weighted by Gasteiger charge is -2.19. The molecule has 0 aliphatic carbocycles. The van der Waals surface area contributed by atoms with E-state index in [0.717, 1.165) is 6.92 Å². The molecule has 0 bridgehead atoms. The van der Waals surface area contributed by atoms with Crippen LogP contribution in [0.15, 0.2) is 0 Å². The summed E-state index contributed by atoms with van der Waals surface area (Å²) in [6.45, 7) is 2.70. The first-order valence-corrected chi connectivity index (χ1v) is 4.53. The van der Waals surface area contributed by atoms with Gasteiger partial charge in [-0.2, -0.15) is 0 Å². The predicted octanol–water partition coefficient (Wildman–Crippen LogP) is -0.779. The van der Waals surface area contributed by atoms with Crippen molar-refractivity contribution in [2.24, 2.45) is 5.92 Å². The van der Waals surface area contributed by atoms with Gasteiger partial charge in [-0.05, 0) is 6.92 Å². The Morgan fingerprint density at radius 1 is 1.53 bits per heavy atom. The van der Waals surface area contributed by atoms with Gasteiger partial charge in [-0.3, -0.25) is 4.79 Å². The molecular weight excluding hydrogens is 202 g/mol. The number of aliphatic carboxylic acids is 1. The molecule has 0 rings (SSSR count). The smallest absolute Gasteiger partial charge is 0.337 e. The minimum atomic E-state index is -1.94. The lowest BCUT2D eigenvalue weighted by Crippen LogP contribution is -2.48. The van der Waals surface area contributed by atoms with Crippen molar-refractivity contribution in [2.45, 2.75) is 19.4 Å². The van der Waals surface area contributed by atoms with Crippen molar-refractivity contribution in [3.05, 3.63) is 0 Å². The van der Waals surface area contributed by atoms with E-state index >= 15 is 0 Å². The summed E-state index contributed by atoms with van der Waals surface area (Å²) >= 11 is 0. The summed E-state index contributed by atoms with van der Waals surface area (Å²) in [5, 5.41) is 20.2. The molecule has 0 spiro atoms. The van der Waals surface area contributed by atoms with Crippen LogP contribution in [0.4, 0.5) is 0 Å². The normalized spacial score (nSPS) is 16.5. The fourth-order valence-electron chi connectivity index (χ4n) is 0.835. The van der Waals surface area contributed by atoms with E-state index in [0.29, 0.717) is 0 Å². The van der Waals surface area contributed by atoms with Crippen molar-refractivity contribution in [2.75, 3.05) is 20.3 Å². The Hall–Kier alpha value is -1.14. The van der Waals surface area contributed by atoms with E-state index in [1.54, 1.807) is 6.92 Å². The fraction of sp³-hybridized carbons (Fsp3) is 0.778.